The number of anilines is 2. The maximum atomic E-state index is 5.98. The lowest BCUT2D eigenvalue weighted by molar-refractivity contribution is 0.274. The first-order valence-electron chi connectivity index (χ1n) is 5.32. The van der Waals surface area contributed by atoms with E-state index in [1.54, 1.807) is 0 Å². The molecule has 90 valence electrons. The summed E-state index contributed by atoms with van der Waals surface area (Å²) in [5.74, 6) is 1.41. The largest absolute Gasteiger partial charge is 0.382 e. The predicted molar refractivity (Wildman–Crippen MR) is 68.6 cm³/mol. The molecule has 0 amide bonds. The lowest BCUT2D eigenvalue weighted by Crippen LogP contribution is -2.25. The van der Waals surface area contributed by atoms with Gasteiger partial charge in [0.2, 0.25) is 0 Å². The number of nitrogens with one attached hydrogen (secondary N) is 1. The Bertz CT molecular complexity index is 359. The zero-order chi connectivity index (χ0) is 12.3. The van der Waals surface area contributed by atoms with Crippen molar-refractivity contribution in [2.45, 2.75) is 27.7 Å². The van der Waals surface area contributed by atoms with Crippen molar-refractivity contribution in [3.63, 3.8) is 0 Å². The fourth-order valence-electron chi connectivity index (χ4n) is 1.06. The summed E-state index contributed by atoms with van der Waals surface area (Å²) in [6.07, 6.45) is 1.41. The molecule has 1 atom stereocenters. The summed E-state index contributed by atoms with van der Waals surface area (Å²) in [6, 6.07) is 0. The zero-order valence-corrected chi connectivity index (χ0v) is 11.0. The summed E-state index contributed by atoms with van der Waals surface area (Å²) in [6.45, 7) is 9.60. The SMILES string of the molecule is CC(CNc1ncnc(N)c1Cl)C(C)(C)C. The first kappa shape index (κ1) is 13.0. The van der Waals surface area contributed by atoms with E-state index >= 15 is 0 Å². The van der Waals surface area contributed by atoms with Crippen molar-refractivity contribution in [1.82, 2.24) is 9.97 Å². The number of nitrogen functional groups attached to an aromatic ring is 1. The van der Waals surface area contributed by atoms with Crippen LogP contribution in [0.25, 0.3) is 0 Å². The molecule has 1 aromatic heterocycles. The molecule has 1 heterocycles. The van der Waals surface area contributed by atoms with Crippen LogP contribution in [-0.4, -0.2) is 16.5 Å². The average molecular weight is 243 g/mol. The number of nitrogens with two attached hydrogens (primary N) is 1. The summed E-state index contributed by atoms with van der Waals surface area (Å²) < 4.78 is 0. The van der Waals surface area contributed by atoms with Crippen molar-refractivity contribution in [1.29, 1.82) is 0 Å². The quantitative estimate of drug-likeness (QED) is 0.856. The average Bonchev–Trinajstić information content (AvgIpc) is 2.18. The number of halogens is 1. The minimum Gasteiger partial charge on any atom is -0.382 e. The van der Waals surface area contributed by atoms with E-state index in [2.05, 4.69) is 43.0 Å². The highest BCUT2D eigenvalue weighted by molar-refractivity contribution is 6.35. The van der Waals surface area contributed by atoms with Crippen LogP contribution in [-0.2, 0) is 0 Å². The van der Waals surface area contributed by atoms with Gasteiger partial charge in [-0.1, -0.05) is 39.3 Å². The summed E-state index contributed by atoms with van der Waals surface area (Å²) in [5, 5.41) is 3.59. The highest BCUT2D eigenvalue weighted by atomic mass is 35.5. The van der Waals surface area contributed by atoms with Gasteiger partial charge in [0.15, 0.2) is 0 Å². The molecule has 0 radical (unpaired) electrons. The van der Waals surface area contributed by atoms with E-state index in [1.807, 2.05) is 0 Å². The van der Waals surface area contributed by atoms with Gasteiger partial charge >= 0.3 is 0 Å². The first-order chi connectivity index (χ1) is 7.32. The smallest absolute Gasteiger partial charge is 0.150 e. The Morgan fingerprint density at radius 2 is 2.06 bits per heavy atom. The van der Waals surface area contributed by atoms with E-state index in [-0.39, 0.29) is 5.41 Å². The molecule has 0 aliphatic carbocycles. The topological polar surface area (TPSA) is 63.8 Å². The number of nitrogens with zero attached hydrogens (tertiary/aromatic N) is 2. The molecule has 3 N–H and O–H groups in total. The van der Waals surface area contributed by atoms with Crippen molar-refractivity contribution in [2.24, 2.45) is 11.3 Å². The summed E-state index contributed by atoms with van der Waals surface area (Å²) in [4.78, 5) is 7.87. The molecule has 0 bridgehead atoms. The van der Waals surface area contributed by atoms with Crippen molar-refractivity contribution in [2.75, 3.05) is 17.6 Å². The highest BCUT2D eigenvalue weighted by Gasteiger charge is 2.20. The molecule has 1 unspecified atom stereocenters. The summed E-state index contributed by atoms with van der Waals surface area (Å²) in [5.41, 5.74) is 5.84. The predicted octanol–water partition coefficient (Wildman–Crippen LogP) is 2.81. The maximum Gasteiger partial charge on any atom is 0.150 e. The molecule has 0 saturated heterocycles. The van der Waals surface area contributed by atoms with Gasteiger partial charge < -0.3 is 11.1 Å². The van der Waals surface area contributed by atoms with Crippen LogP contribution >= 0.6 is 11.6 Å². The van der Waals surface area contributed by atoms with Crippen LogP contribution in [0.2, 0.25) is 5.02 Å². The number of hydrogen-bond acceptors (Lipinski definition) is 4. The van der Waals surface area contributed by atoms with Gasteiger partial charge in [-0.25, -0.2) is 9.97 Å². The Kier molecular flexibility index (Phi) is 3.97. The Balaban J connectivity index is 2.65. The molecule has 0 spiro atoms. The second kappa shape index (κ2) is 4.87. The minimum absolute atomic E-state index is 0.248. The van der Waals surface area contributed by atoms with Crippen LogP contribution in [0.15, 0.2) is 6.33 Å². The minimum atomic E-state index is 0.248. The molecule has 1 rings (SSSR count). The van der Waals surface area contributed by atoms with Crippen LogP contribution in [0.4, 0.5) is 11.6 Å². The zero-order valence-electron chi connectivity index (χ0n) is 10.2. The molecular weight excluding hydrogens is 224 g/mol. The summed E-state index contributed by atoms with van der Waals surface area (Å²) >= 11 is 5.98. The van der Waals surface area contributed by atoms with Crippen molar-refractivity contribution >= 4 is 23.2 Å². The lowest BCUT2D eigenvalue weighted by atomic mass is 9.82. The normalized spacial score (nSPS) is 13.6. The molecular formula is C11H19ClN4. The molecule has 0 aliphatic heterocycles. The Hall–Kier alpha value is -1.03. The molecule has 0 aromatic carbocycles. The van der Waals surface area contributed by atoms with Gasteiger partial charge in [0.25, 0.3) is 0 Å². The second-order valence-electron chi connectivity index (χ2n) is 5.07. The van der Waals surface area contributed by atoms with Gasteiger partial charge in [0, 0.05) is 6.54 Å². The van der Waals surface area contributed by atoms with Gasteiger partial charge in [-0.15, -0.1) is 0 Å². The maximum absolute atomic E-state index is 5.98. The van der Waals surface area contributed by atoms with Crippen LogP contribution in [0.1, 0.15) is 27.7 Å². The number of hydrogen-bond donors (Lipinski definition) is 2. The Morgan fingerprint density at radius 1 is 1.44 bits per heavy atom. The molecule has 4 nitrogen and oxygen atoms in total. The molecule has 0 saturated carbocycles. The second-order valence-corrected chi connectivity index (χ2v) is 5.45. The van der Waals surface area contributed by atoms with Gasteiger partial charge in [0.05, 0.1) is 0 Å². The van der Waals surface area contributed by atoms with Crippen LogP contribution < -0.4 is 11.1 Å². The number of rotatable bonds is 3. The van der Waals surface area contributed by atoms with E-state index in [1.165, 1.54) is 6.33 Å². The third-order valence-electron chi connectivity index (χ3n) is 2.87. The van der Waals surface area contributed by atoms with Crippen molar-refractivity contribution in [3.8, 4) is 0 Å². The van der Waals surface area contributed by atoms with E-state index in [9.17, 15) is 0 Å². The summed E-state index contributed by atoms with van der Waals surface area (Å²) in [7, 11) is 0. The Morgan fingerprint density at radius 3 is 2.62 bits per heavy atom. The monoisotopic (exact) mass is 242 g/mol. The third kappa shape index (κ3) is 3.23. The van der Waals surface area contributed by atoms with Gasteiger partial charge in [-0.05, 0) is 11.3 Å². The van der Waals surface area contributed by atoms with Crippen molar-refractivity contribution in [3.05, 3.63) is 11.3 Å². The molecule has 16 heavy (non-hydrogen) atoms. The lowest BCUT2D eigenvalue weighted by Gasteiger charge is -2.27. The molecule has 0 fully saturated rings. The van der Waals surface area contributed by atoms with Crippen LogP contribution in [0.5, 0.6) is 0 Å². The van der Waals surface area contributed by atoms with E-state index in [0.29, 0.717) is 22.6 Å². The number of aromatic nitrogens is 2. The van der Waals surface area contributed by atoms with E-state index in [4.69, 9.17) is 17.3 Å². The molecule has 0 aliphatic rings. The third-order valence-corrected chi connectivity index (χ3v) is 3.24. The van der Waals surface area contributed by atoms with Crippen LogP contribution in [0.3, 0.4) is 0 Å². The van der Waals surface area contributed by atoms with E-state index in [0.717, 1.165) is 6.54 Å². The standard InChI is InChI=1S/C11H19ClN4/c1-7(11(2,3)4)5-14-10-8(12)9(13)15-6-16-10/h6-7H,5H2,1-4H3,(H3,13,14,15,16). The fraction of sp³-hybridized carbons (Fsp3) is 0.636. The van der Waals surface area contributed by atoms with Gasteiger partial charge in [0.1, 0.15) is 23.0 Å². The molecule has 1 aromatic rings. The Labute approximate surface area is 102 Å². The molecule has 5 heteroatoms. The van der Waals surface area contributed by atoms with Gasteiger partial charge in [-0.3, -0.25) is 0 Å². The van der Waals surface area contributed by atoms with Crippen LogP contribution in [0, 0.1) is 11.3 Å². The van der Waals surface area contributed by atoms with Gasteiger partial charge in [-0.2, -0.15) is 0 Å². The fourth-order valence-corrected chi connectivity index (χ4v) is 1.23. The van der Waals surface area contributed by atoms with Crippen molar-refractivity contribution < 1.29 is 0 Å². The van der Waals surface area contributed by atoms with E-state index < -0.39 is 0 Å². The first-order valence-corrected chi connectivity index (χ1v) is 5.70. The highest BCUT2D eigenvalue weighted by Crippen LogP contribution is 2.27.